The summed E-state index contributed by atoms with van der Waals surface area (Å²) in [6.07, 6.45) is 4.22. The zero-order valence-electron chi connectivity index (χ0n) is 21.5. The highest BCUT2D eigenvalue weighted by molar-refractivity contribution is 5.89. The topological polar surface area (TPSA) is 70.6 Å². The second-order valence-electron chi connectivity index (χ2n) is 10.1. The Bertz CT molecular complexity index is 1200. The van der Waals surface area contributed by atoms with Crippen LogP contribution in [0, 0.1) is 6.92 Å². The Morgan fingerprint density at radius 1 is 0.944 bits per heavy atom. The monoisotopic (exact) mass is 485 g/mol. The predicted octanol–water partition coefficient (Wildman–Crippen LogP) is 6.28. The first-order chi connectivity index (χ1) is 17.5. The largest absolute Gasteiger partial charge is 0.438 e. The molecule has 3 heterocycles. The fourth-order valence-corrected chi connectivity index (χ4v) is 4.74. The zero-order valence-corrected chi connectivity index (χ0v) is 21.5. The molecule has 2 aromatic carbocycles. The van der Waals surface area contributed by atoms with Crippen molar-refractivity contribution in [3.63, 3.8) is 0 Å². The molecule has 1 N–H and O–H groups in total. The summed E-state index contributed by atoms with van der Waals surface area (Å²) in [7, 11) is 0. The van der Waals surface area contributed by atoms with Gasteiger partial charge in [0.05, 0.1) is 17.8 Å². The highest BCUT2D eigenvalue weighted by atomic mass is 16.5. The first kappa shape index (κ1) is 24.1. The fraction of sp³-hybridized carbons (Fsp3) is 0.414. The molecule has 2 amide bonds. The number of hydrogen-bond acceptors (Lipinski definition) is 5. The molecule has 7 heteroatoms. The van der Waals surface area contributed by atoms with Crippen molar-refractivity contribution in [1.29, 1.82) is 0 Å². The Labute approximate surface area is 213 Å². The quantitative estimate of drug-likeness (QED) is 0.460. The van der Waals surface area contributed by atoms with Crippen LogP contribution in [0.1, 0.15) is 61.4 Å². The van der Waals surface area contributed by atoms with E-state index < -0.39 is 0 Å². The molecular formula is C29H35N5O2. The molecule has 2 aliphatic rings. The van der Waals surface area contributed by atoms with Gasteiger partial charge in [-0.25, -0.2) is 9.78 Å². The van der Waals surface area contributed by atoms with E-state index in [1.54, 1.807) is 0 Å². The minimum Gasteiger partial charge on any atom is -0.438 e. The van der Waals surface area contributed by atoms with Crippen LogP contribution in [0.5, 0.6) is 11.6 Å². The van der Waals surface area contributed by atoms with Crippen molar-refractivity contribution in [3.05, 3.63) is 70.9 Å². The number of ether oxygens (including phenoxy) is 1. The van der Waals surface area contributed by atoms with Crippen LogP contribution >= 0.6 is 0 Å². The van der Waals surface area contributed by atoms with Crippen molar-refractivity contribution in [2.24, 2.45) is 0 Å². The van der Waals surface area contributed by atoms with E-state index in [-0.39, 0.29) is 6.03 Å². The van der Waals surface area contributed by atoms with Crippen molar-refractivity contribution < 1.29 is 9.53 Å². The van der Waals surface area contributed by atoms with Crippen molar-refractivity contribution in [1.82, 2.24) is 14.9 Å². The number of aromatic nitrogens is 2. The molecule has 36 heavy (non-hydrogen) atoms. The summed E-state index contributed by atoms with van der Waals surface area (Å²) in [5, 5.41) is 3.04. The summed E-state index contributed by atoms with van der Waals surface area (Å²) >= 11 is 0. The van der Waals surface area contributed by atoms with Crippen molar-refractivity contribution in [3.8, 4) is 11.6 Å². The number of piperidine rings is 1. The van der Waals surface area contributed by atoms with Gasteiger partial charge in [0.15, 0.2) is 0 Å². The van der Waals surface area contributed by atoms with Gasteiger partial charge < -0.3 is 19.9 Å². The van der Waals surface area contributed by atoms with Gasteiger partial charge in [0.2, 0.25) is 11.8 Å². The molecule has 3 aromatic rings. The molecule has 0 saturated carbocycles. The molecular weight excluding hydrogens is 450 g/mol. The van der Waals surface area contributed by atoms with Crippen LogP contribution in [0.3, 0.4) is 0 Å². The van der Waals surface area contributed by atoms with E-state index in [1.807, 2.05) is 41.3 Å². The van der Waals surface area contributed by atoms with Crippen LogP contribution in [0.4, 0.5) is 16.4 Å². The molecule has 1 aromatic heterocycles. The first-order valence-electron chi connectivity index (χ1n) is 13.0. The van der Waals surface area contributed by atoms with Gasteiger partial charge in [-0.15, -0.1) is 0 Å². The van der Waals surface area contributed by atoms with Gasteiger partial charge >= 0.3 is 6.03 Å². The van der Waals surface area contributed by atoms with Crippen molar-refractivity contribution in [2.45, 2.75) is 58.9 Å². The summed E-state index contributed by atoms with van der Waals surface area (Å²) in [6, 6.07) is 15.9. The average Bonchev–Trinajstić information content (AvgIpc) is 2.90. The van der Waals surface area contributed by atoms with E-state index in [1.165, 1.54) is 17.5 Å². The summed E-state index contributed by atoms with van der Waals surface area (Å²) in [4.78, 5) is 27.0. The molecule has 1 fully saturated rings. The Balaban J connectivity index is 1.38. The molecule has 0 atom stereocenters. The minimum atomic E-state index is -0.126. The number of anilines is 2. The van der Waals surface area contributed by atoms with E-state index >= 15 is 0 Å². The maximum Gasteiger partial charge on any atom is 0.322 e. The third kappa shape index (κ3) is 5.45. The van der Waals surface area contributed by atoms with Crippen LogP contribution in [-0.2, 0) is 13.0 Å². The number of aryl methyl sites for hydroxylation is 1. The summed E-state index contributed by atoms with van der Waals surface area (Å²) in [5.41, 5.74) is 5.07. The summed E-state index contributed by atoms with van der Waals surface area (Å²) < 4.78 is 6.31. The van der Waals surface area contributed by atoms with Gasteiger partial charge in [-0.2, -0.15) is 4.98 Å². The fourth-order valence-electron chi connectivity index (χ4n) is 4.74. The van der Waals surface area contributed by atoms with Gasteiger partial charge in [-0.1, -0.05) is 43.7 Å². The number of hydrogen-bond donors (Lipinski definition) is 1. The van der Waals surface area contributed by atoms with Gasteiger partial charge in [-0.05, 0) is 61.9 Å². The van der Waals surface area contributed by atoms with E-state index in [2.05, 4.69) is 43.1 Å². The molecule has 188 valence electrons. The molecule has 7 nitrogen and oxygen atoms in total. The molecule has 2 aliphatic heterocycles. The van der Waals surface area contributed by atoms with Gasteiger partial charge in [-0.3, -0.25) is 0 Å². The number of rotatable bonds is 5. The van der Waals surface area contributed by atoms with E-state index in [9.17, 15) is 4.79 Å². The first-order valence-corrected chi connectivity index (χ1v) is 13.0. The number of amides is 2. The maximum atomic E-state index is 13.1. The number of carbonyl (C=O) groups is 1. The summed E-state index contributed by atoms with van der Waals surface area (Å²) in [6.45, 7) is 9.31. The number of fused-ring (bicyclic) bond motifs is 1. The van der Waals surface area contributed by atoms with Crippen LogP contribution in [0.2, 0.25) is 0 Å². The number of nitrogens with zero attached hydrogens (tertiary/aromatic N) is 4. The Kier molecular flexibility index (Phi) is 7.07. The van der Waals surface area contributed by atoms with E-state index in [4.69, 9.17) is 14.7 Å². The van der Waals surface area contributed by atoms with Gasteiger partial charge in [0, 0.05) is 31.7 Å². The average molecular weight is 486 g/mol. The second-order valence-corrected chi connectivity index (χ2v) is 10.1. The van der Waals surface area contributed by atoms with E-state index in [0.29, 0.717) is 31.3 Å². The normalized spacial score (nSPS) is 15.6. The molecule has 0 bridgehead atoms. The third-order valence-corrected chi connectivity index (χ3v) is 7.00. The van der Waals surface area contributed by atoms with Crippen molar-refractivity contribution >= 4 is 17.7 Å². The maximum absolute atomic E-state index is 13.1. The van der Waals surface area contributed by atoms with E-state index in [0.717, 1.165) is 54.6 Å². The Morgan fingerprint density at radius 3 is 2.36 bits per heavy atom. The zero-order chi connectivity index (χ0) is 25.1. The lowest BCUT2D eigenvalue weighted by Gasteiger charge is -2.32. The molecule has 1 saturated heterocycles. The second kappa shape index (κ2) is 10.6. The smallest absolute Gasteiger partial charge is 0.322 e. The molecule has 5 rings (SSSR count). The highest BCUT2D eigenvalue weighted by Crippen LogP contribution is 2.32. The highest BCUT2D eigenvalue weighted by Gasteiger charge is 2.28. The van der Waals surface area contributed by atoms with Crippen LogP contribution in [0.15, 0.2) is 48.5 Å². The lowest BCUT2D eigenvalue weighted by Crippen LogP contribution is -2.40. The van der Waals surface area contributed by atoms with Gasteiger partial charge in [0.1, 0.15) is 5.75 Å². The van der Waals surface area contributed by atoms with Crippen LogP contribution in [-0.4, -0.2) is 40.5 Å². The van der Waals surface area contributed by atoms with Crippen LogP contribution in [0.25, 0.3) is 0 Å². The number of nitrogens with one attached hydrogen (secondary N) is 1. The standard InChI is InChI=1S/C29H35N5O2/c1-20(2)22-9-11-23(12-10-22)30-29(35)34-18-15-26-25(19-34)27(36-24-13-7-21(3)8-14-24)32-28(31-26)33-16-5-4-6-17-33/h7-14,20H,4-6,15-19H2,1-3H3,(H,30,35). The van der Waals surface area contributed by atoms with Crippen LogP contribution < -0.4 is 15.0 Å². The lowest BCUT2D eigenvalue weighted by atomic mass is 10.0. The Morgan fingerprint density at radius 2 is 1.67 bits per heavy atom. The summed E-state index contributed by atoms with van der Waals surface area (Å²) in [5.74, 6) is 2.47. The third-order valence-electron chi connectivity index (χ3n) is 7.00. The predicted molar refractivity (Wildman–Crippen MR) is 143 cm³/mol. The molecule has 0 aliphatic carbocycles. The lowest BCUT2D eigenvalue weighted by molar-refractivity contribution is 0.205. The Hall–Kier alpha value is -3.61. The number of urea groups is 1. The number of carbonyl (C=O) groups excluding carboxylic acids is 1. The molecule has 0 unspecified atom stereocenters. The SMILES string of the molecule is Cc1ccc(Oc2nc(N3CCCCC3)nc3c2CN(C(=O)Nc2ccc(C(C)C)cc2)CC3)cc1. The van der Waals surface area contributed by atoms with Crippen molar-refractivity contribution in [2.75, 3.05) is 29.9 Å². The molecule has 0 spiro atoms. The molecule has 0 radical (unpaired) electrons. The minimum absolute atomic E-state index is 0.126. The van der Waals surface area contributed by atoms with Gasteiger partial charge in [0.25, 0.3) is 0 Å². The number of benzene rings is 2.